The number of carbonyl (C=O) groups excluding carboxylic acids is 2. The van der Waals surface area contributed by atoms with Crippen LogP contribution in [0.4, 0.5) is 0 Å². The third kappa shape index (κ3) is 7.55. The fourth-order valence-corrected chi connectivity index (χ4v) is 3.53. The van der Waals surface area contributed by atoms with E-state index in [0.29, 0.717) is 25.3 Å². The summed E-state index contributed by atoms with van der Waals surface area (Å²) in [7, 11) is 1.61. The zero-order valence-electron chi connectivity index (χ0n) is 19.3. The molecule has 1 N–H and O–H groups in total. The lowest BCUT2D eigenvalue weighted by Crippen LogP contribution is -2.50. The van der Waals surface area contributed by atoms with Crippen LogP contribution < -0.4 is 14.8 Å². The van der Waals surface area contributed by atoms with Crippen molar-refractivity contribution < 1.29 is 19.1 Å². The molecule has 0 fully saturated rings. The van der Waals surface area contributed by atoms with Crippen molar-refractivity contribution in [3.05, 3.63) is 58.1 Å². The number of rotatable bonds is 12. The predicted octanol–water partition coefficient (Wildman–Crippen LogP) is 4.87. The number of methoxy groups -OCH3 is 1. The first-order valence-corrected chi connectivity index (χ1v) is 11.8. The summed E-state index contributed by atoms with van der Waals surface area (Å²) in [6.45, 7) is 6.72. The Morgan fingerprint density at radius 1 is 1.09 bits per heavy atom. The van der Waals surface area contributed by atoms with Gasteiger partial charge in [-0.2, -0.15) is 0 Å². The summed E-state index contributed by atoms with van der Waals surface area (Å²) in [5, 5.41) is 2.96. The highest BCUT2D eigenvalue weighted by Gasteiger charge is 2.28. The molecule has 0 aliphatic carbocycles. The lowest BCUT2D eigenvalue weighted by Gasteiger charge is -2.30. The van der Waals surface area contributed by atoms with Crippen LogP contribution in [-0.4, -0.2) is 43.0 Å². The Balaban J connectivity index is 2.18. The largest absolute Gasteiger partial charge is 0.497 e. The van der Waals surface area contributed by atoms with Crippen molar-refractivity contribution in [2.24, 2.45) is 0 Å². The highest BCUT2D eigenvalue weighted by molar-refractivity contribution is 9.10. The average Bonchev–Trinajstić information content (AvgIpc) is 2.80. The molecule has 0 radical (unpaired) electrons. The first-order chi connectivity index (χ1) is 15.4. The van der Waals surface area contributed by atoms with Crippen LogP contribution in [0.2, 0.25) is 0 Å². The topological polar surface area (TPSA) is 67.9 Å². The molecule has 0 aliphatic rings. The van der Waals surface area contributed by atoms with Crippen LogP contribution in [0, 0.1) is 6.92 Å². The second kappa shape index (κ2) is 13.1. The summed E-state index contributed by atoms with van der Waals surface area (Å²) in [5.74, 6) is 0.981. The third-order valence-electron chi connectivity index (χ3n) is 5.22. The van der Waals surface area contributed by atoms with Gasteiger partial charge in [-0.1, -0.05) is 48.3 Å². The third-order valence-corrected chi connectivity index (χ3v) is 6.11. The van der Waals surface area contributed by atoms with Gasteiger partial charge >= 0.3 is 0 Å². The Morgan fingerprint density at radius 2 is 1.78 bits per heavy atom. The molecule has 1 atom stereocenters. The smallest absolute Gasteiger partial charge is 0.261 e. The average molecular weight is 505 g/mol. The molecule has 6 nitrogen and oxygen atoms in total. The molecule has 0 aliphatic heterocycles. The molecule has 0 saturated carbocycles. The number of hydrogen-bond donors (Lipinski definition) is 1. The van der Waals surface area contributed by atoms with E-state index in [1.54, 1.807) is 12.0 Å². The molecule has 1 unspecified atom stereocenters. The normalized spacial score (nSPS) is 11.5. The van der Waals surface area contributed by atoms with E-state index in [-0.39, 0.29) is 18.4 Å². The molecule has 2 aromatic rings. The number of nitrogens with one attached hydrogen (secondary N) is 1. The summed E-state index contributed by atoms with van der Waals surface area (Å²) in [4.78, 5) is 27.7. The molecule has 2 rings (SSSR count). The van der Waals surface area contributed by atoms with Crippen LogP contribution in [0.5, 0.6) is 11.5 Å². The number of benzene rings is 2. The lowest BCUT2D eigenvalue weighted by molar-refractivity contribution is -0.143. The predicted molar refractivity (Wildman–Crippen MR) is 130 cm³/mol. The van der Waals surface area contributed by atoms with Gasteiger partial charge in [-0.05, 0) is 61.2 Å². The second-order valence-electron chi connectivity index (χ2n) is 7.64. The van der Waals surface area contributed by atoms with Crippen LogP contribution in [-0.2, 0) is 16.1 Å². The minimum absolute atomic E-state index is 0.137. The molecule has 0 bridgehead atoms. The van der Waals surface area contributed by atoms with E-state index >= 15 is 0 Å². The van der Waals surface area contributed by atoms with Crippen LogP contribution in [0.25, 0.3) is 0 Å². The zero-order valence-corrected chi connectivity index (χ0v) is 20.9. The van der Waals surface area contributed by atoms with Crippen molar-refractivity contribution >= 4 is 27.7 Å². The maximum absolute atomic E-state index is 13.2. The van der Waals surface area contributed by atoms with Gasteiger partial charge in [0.25, 0.3) is 5.91 Å². The van der Waals surface area contributed by atoms with Crippen molar-refractivity contribution in [2.45, 2.75) is 52.6 Å². The van der Waals surface area contributed by atoms with E-state index in [0.717, 1.165) is 34.2 Å². The summed E-state index contributed by atoms with van der Waals surface area (Å²) >= 11 is 3.47. The van der Waals surface area contributed by atoms with Gasteiger partial charge in [-0.15, -0.1) is 0 Å². The summed E-state index contributed by atoms with van der Waals surface area (Å²) < 4.78 is 12.0. The molecule has 0 aromatic heterocycles. The number of nitrogens with zero attached hydrogens (tertiary/aromatic N) is 1. The van der Waals surface area contributed by atoms with Gasteiger partial charge in [0.1, 0.15) is 17.5 Å². The van der Waals surface area contributed by atoms with Crippen molar-refractivity contribution in [1.82, 2.24) is 10.2 Å². The fourth-order valence-electron chi connectivity index (χ4n) is 3.29. The Bertz CT molecular complexity index is 886. The molecule has 2 amide bonds. The Hall–Kier alpha value is -2.54. The van der Waals surface area contributed by atoms with Crippen molar-refractivity contribution in [1.29, 1.82) is 0 Å². The SMILES string of the molecule is CCCCNC(=O)C(CC)N(Cc1ccc(OC)cc1)C(=O)COc1ccc(Br)c(C)c1. The van der Waals surface area contributed by atoms with Crippen LogP contribution >= 0.6 is 15.9 Å². The number of amides is 2. The van der Waals surface area contributed by atoms with Gasteiger partial charge in [0.2, 0.25) is 5.91 Å². The molecule has 174 valence electrons. The van der Waals surface area contributed by atoms with Crippen LogP contribution in [0.3, 0.4) is 0 Å². The van der Waals surface area contributed by atoms with E-state index in [4.69, 9.17) is 9.47 Å². The Labute approximate surface area is 199 Å². The maximum Gasteiger partial charge on any atom is 0.261 e. The molecular weight excluding hydrogens is 472 g/mol. The number of carbonyl (C=O) groups is 2. The fraction of sp³-hybridized carbons (Fsp3) is 0.440. The summed E-state index contributed by atoms with van der Waals surface area (Å²) in [6.07, 6.45) is 2.41. The highest BCUT2D eigenvalue weighted by atomic mass is 79.9. The molecule has 2 aromatic carbocycles. The number of aryl methyl sites for hydroxylation is 1. The van der Waals surface area contributed by atoms with Gasteiger partial charge in [-0.25, -0.2) is 0 Å². The minimum Gasteiger partial charge on any atom is -0.497 e. The monoisotopic (exact) mass is 504 g/mol. The molecule has 7 heteroatoms. The lowest BCUT2D eigenvalue weighted by atomic mass is 10.1. The van der Waals surface area contributed by atoms with Gasteiger partial charge in [0.15, 0.2) is 6.61 Å². The second-order valence-corrected chi connectivity index (χ2v) is 8.49. The van der Waals surface area contributed by atoms with Gasteiger partial charge < -0.3 is 19.7 Å². The number of ether oxygens (including phenoxy) is 2. The van der Waals surface area contributed by atoms with E-state index in [2.05, 4.69) is 28.2 Å². The number of hydrogen-bond acceptors (Lipinski definition) is 4. The minimum atomic E-state index is -0.572. The number of unbranched alkanes of at least 4 members (excludes halogenated alkanes) is 1. The molecular formula is C25H33BrN2O4. The Morgan fingerprint density at radius 3 is 2.38 bits per heavy atom. The first-order valence-electron chi connectivity index (χ1n) is 11.0. The van der Waals surface area contributed by atoms with Crippen LogP contribution in [0.1, 0.15) is 44.2 Å². The standard InChI is InChI=1S/C25H33BrN2O4/c1-5-7-14-27-25(30)23(6-2)28(16-19-8-10-20(31-4)11-9-19)24(29)17-32-21-12-13-22(26)18(3)15-21/h8-13,15,23H,5-7,14,16-17H2,1-4H3,(H,27,30). The van der Waals surface area contributed by atoms with E-state index in [1.165, 1.54) is 0 Å². The first kappa shape index (κ1) is 25.7. The van der Waals surface area contributed by atoms with Crippen molar-refractivity contribution in [2.75, 3.05) is 20.3 Å². The van der Waals surface area contributed by atoms with Crippen molar-refractivity contribution in [3.63, 3.8) is 0 Å². The highest BCUT2D eigenvalue weighted by Crippen LogP contribution is 2.22. The van der Waals surface area contributed by atoms with E-state index in [9.17, 15) is 9.59 Å². The molecule has 0 heterocycles. The number of halogens is 1. The van der Waals surface area contributed by atoms with Gasteiger partial charge in [-0.3, -0.25) is 9.59 Å². The summed E-state index contributed by atoms with van der Waals surface area (Å²) in [5.41, 5.74) is 1.94. The molecule has 32 heavy (non-hydrogen) atoms. The Kier molecular flexibility index (Phi) is 10.5. The van der Waals surface area contributed by atoms with Gasteiger partial charge in [0.05, 0.1) is 7.11 Å². The quantitative estimate of drug-likeness (QED) is 0.418. The van der Waals surface area contributed by atoms with Gasteiger partial charge in [0, 0.05) is 17.6 Å². The van der Waals surface area contributed by atoms with E-state index in [1.807, 2.05) is 56.3 Å². The van der Waals surface area contributed by atoms with Crippen LogP contribution in [0.15, 0.2) is 46.9 Å². The van der Waals surface area contributed by atoms with Crippen molar-refractivity contribution in [3.8, 4) is 11.5 Å². The molecule has 0 spiro atoms. The molecule has 0 saturated heterocycles. The van der Waals surface area contributed by atoms with E-state index < -0.39 is 6.04 Å². The zero-order chi connectivity index (χ0) is 23.5. The maximum atomic E-state index is 13.2. The summed E-state index contributed by atoms with van der Waals surface area (Å²) in [6, 6.07) is 12.5.